The number of methoxy groups -OCH3 is 1. The van der Waals surface area contributed by atoms with Gasteiger partial charge in [0.15, 0.2) is 0 Å². The summed E-state index contributed by atoms with van der Waals surface area (Å²) in [4.78, 5) is 22.3. The van der Waals surface area contributed by atoms with Crippen molar-refractivity contribution >= 4 is 23.7 Å². The summed E-state index contributed by atoms with van der Waals surface area (Å²) in [7, 11) is 1.57. The molecule has 0 fully saturated rings. The Labute approximate surface area is 116 Å². The Bertz CT molecular complexity index is 609. The highest BCUT2D eigenvalue weighted by atomic mass is 16.5. The maximum Gasteiger partial charge on any atom is 0.255 e. The molecule has 0 bridgehead atoms. The van der Waals surface area contributed by atoms with E-state index in [0.29, 0.717) is 29.1 Å². The monoisotopic (exact) mass is 270 g/mol. The molecule has 0 aliphatic carbocycles. The largest absolute Gasteiger partial charge is 0.497 e. The van der Waals surface area contributed by atoms with Crippen molar-refractivity contribution in [3.05, 3.63) is 54.1 Å². The van der Waals surface area contributed by atoms with Crippen LogP contribution >= 0.6 is 0 Å². The molecule has 0 radical (unpaired) electrons. The summed E-state index contributed by atoms with van der Waals surface area (Å²) in [5.74, 6) is 0.448. The molecule has 0 atom stereocenters. The summed E-state index contributed by atoms with van der Waals surface area (Å²) in [5, 5.41) is 5.29. The predicted molar refractivity (Wildman–Crippen MR) is 77.1 cm³/mol. The average molecular weight is 270 g/mol. The maximum absolute atomic E-state index is 12.0. The van der Waals surface area contributed by atoms with Gasteiger partial charge in [-0.1, -0.05) is 6.07 Å². The minimum atomic E-state index is -0.226. The summed E-state index contributed by atoms with van der Waals surface area (Å²) >= 11 is 0. The number of nitrogens with one attached hydrogen (secondary N) is 2. The van der Waals surface area contributed by atoms with Crippen LogP contribution in [-0.2, 0) is 4.79 Å². The van der Waals surface area contributed by atoms with Crippen LogP contribution < -0.4 is 15.4 Å². The second kappa shape index (κ2) is 6.38. The van der Waals surface area contributed by atoms with Crippen LogP contribution in [0.15, 0.2) is 48.5 Å². The fourth-order valence-electron chi connectivity index (χ4n) is 1.69. The minimum absolute atomic E-state index is 0.226. The first-order chi connectivity index (χ1) is 9.72. The van der Waals surface area contributed by atoms with E-state index in [-0.39, 0.29) is 5.91 Å². The number of rotatable bonds is 5. The van der Waals surface area contributed by atoms with E-state index >= 15 is 0 Å². The third kappa shape index (κ3) is 3.35. The standard InChI is InChI=1S/C15H14N2O3/c1-20-14-4-2-3-13(9-14)17-15(19)11-5-7-12(8-6-11)16-10-18/h2-10H,1H3,(H,16,18)(H,17,19). The number of hydrogen-bond acceptors (Lipinski definition) is 3. The molecule has 5 nitrogen and oxygen atoms in total. The highest BCUT2D eigenvalue weighted by molar-refractivity contribution is 6.04. The Hall–Kier alpha value is -2.82. The zero-order valence-electron chi connectivity index (χ0n) is 10.9. The Morgan fingerprint density at radius 3 is 2.50 bits per heavy atom. The molecule has 2 aromatic carbocycles. The van der Waals surface area contributed by atoms with Crippen LogP contribution in [0.1, 0.15) is 10.4 Å². The van der Waals surface area contributed by atoms with E-state index in [9.17, 15) is 9.59 Å². The van der Waals surface area contributed by atoms with Crippen molar-refractivity contribution in [2.75, 3.05) is 17.7 Å². The molecule has 0 aliphatic rings. The van der Waals surface area contributed by atoms with Gasteiger partial charge in [0, 0.05) is 23.0 Å². The first kappa shape index (κ1) is 13.6. The van der Waals surface area contributed by atoms with Gasteiger partial charge in [0.1, 0.15) is 5.75 Å². The summed E-state index contributed by atoms with van der Waals surface area (Å²) in [6, 6.07) is 13.7. The smallest absolute Gasteiger partial charge is 0.255 e. The molecule has 0 heterocycles. The zero-order valence-corrected chi connectivity index (χ0v) is 10.9. The van der Waals surface area contributed by atoms with Gasteiger partial charge in [0.2, 0.25) is 6.41 Å². The second-order valence-corrected chi connectivity index (χ2v) is 4.03. The van der Waals surface area contributed by atoms with Crippen LogP contribution in [0.25, 0.3) is 0 Å². The third-order valence-electron chi connectivity index (χ3n) is 2.70. The molecular weight excluding hydrogens is 256 g/mol. The number of carbonyl (C=O) groups is 2. The lowest BCUT2D eigenvalue weighted by atomic mass is 10.2. The van der Waals surface area contributed by atoms with Gasteiger partial charge in [-0.15, -0.1) is 0 Å². The summed E-state index contributed by atoms with van der Waals surface area (Å²) < 4.78 is 5.09. The van der Waals surface area contributed by atoms with Gasteiger partial charge < -0.3 is 15.4 Å². The van der Waals surface area contributed by atoms with E-state index in [1.54, 1.807) is 55.6 Å². The van der Waals surface area contributed by atoms with Gasteiger partial charge in [0.25, 0.3) is 5.91 Å². The Morgan fingerprint density at radius 2 is 1.85 bits per heavy atom. The zero-order chi connectivity index (χ0) is 14.4. The third-order valence-corrected chi connectivity index (χ3v) is 2.70. The van der Waals surface area contributed by atoms with Gasteiger partial charge in [-0.05, 0) is 36.4 Å². The summed E-state index contributed by atoms with van der Waals surface area (Å²) in [6.07, 6.45) is 0.589. The fourth-order valence-corrected chi connectivity index (χ4v) is 1.69. The van der Waals surface area contributed by atoms with Crippen LogP contribution in [0.2, 0.25) is 0 Å². The quantitative estimate of drug-likeness (QED) is 0.820. The molecule has 2 rings (SSSR count). The molecule has 0 unspecified atom stereocenters. The van der Waals surface area contributed by atoms with Crippen LogP contribution in [0.4, 0.5) is 11.4 Å². The minimum Gasteiger partial charge on any atom is -0.497 e. The number of anilines is 2. The summed E-state index contributed by atoms with van der Waals surface area (Å²) in [5.41, 5.74) is 1.80. The number of carbonyl (C=O) groups excluding carboxylic acids is 2. The fraction of sp³-hybridized carbons (Fsp3) is 0.0667. The van der Waals surface area contributed by atoms with Crippen molar-refractivity contribution in [1.29, 1.82) is 0 Å². The molecule has 0 spiro atoms. The first-order valence-electron chi connectivity index (χ1n) is 5.98. The normalized spacial score (nSPS) is 9.65. The number of hydrogen-bond donors (Lipinski definition) is 2. The number of amides is 2. The Kier molecular flexibility index (Phi) is 4.34. The van der Waals surface area contributed by atoms with Crippen molar-refractivity contribution in [2.45, 2.75) is 0 Å². The summed E-state index contributed by atoms with van der Waals surface area (Å²) in [6.45, 7) is 0. The van der Waals surface area contributed by atoms with Gasteiger partial charge in [-0.25, -0.2) is 0 Å². The number of ether oxygens (including phenoxy) is 1. The highest BCUT2D eigenvalue weighted by Gasteiger charge is 2.06. The second-order valence-electron chi connectivity index (χ2n) is 4.03. The topological polar surface area (TPSA) is 67.4 Å². The van der Waals surface area contributed by atoms with Gasteiger partial charge in [-0.3, -0.25) is 9.59 Å². The molecule has 0 saturated heterocycles. The molecule has 20 heavy (non-hydrogen) atoms. The predicted octanol–water partition coefficient (Wildman–Crippen LogP) is 2.52. The molecule has 2 aromatic rings. The lowest BCUT2D eigenvalue weighted by Gasteiger charge is -2.07. The van der Waals surface area contributed by atoms with Crippen LogP contribution in [0.5, 0.6) is 5.75 Å². The average Bonchev–Trinajstić information content (AvgIpc) is 2.48. The van der Waals surface area contributed by atoms with Crippen molar-refractivity contribution in [3.63, 3.8) is 0 Å². The van der Waals surface area contributed by atoms with Crippen LogP contribution in [-0.4, -0.2) is 19.4 Å². The Balaban J connectivity index is 2.08. The van der Waals surface area contributed by atoms with Crippen LogP contribution in [0, 0.1) is 0 Å². The van der Waals surface area contributed by atoms with Crippen molar-refractivity contribution in [3.8, 4) is 5.75 Å². The van der Waals surface area contributed by atoms with E-state index < -0.39 is 0 Å². The van der Waals surface area contributed by atoms with Gasteiger partial charge >= 0.3 is 0 Å². The van der Waals surface area contributed by atoms with Gasteiger partial charge in [0.05, 0.1) is 7.11 Å². The van der Waals surface area contributed by atoms with E-state index in [1.807, 2.05) is 0 Å². The van der Waals surface area contributed by atoms with E-state index in [1.165, 1.54) is 0 Å². The van der Waals surface area contributed by atoms with Gasteiger partial charge in [-0.2, -0.15) is 0 Å². The van der Waals surface area contributed by atoms with Crippen molar-refractivity contribution in [1.82, 2.24) is 0 Å². The van der Waals surface area contributed by atoms with Crippen molar-refractivity contribution < 1.29 is 14.3 Å². The highest BCUT2D eigenvalue weighted by Crippen LogP contribution is 2.18. The maximum atomic E-state index is 12.0. The molecular formula is C15H14N2O3. The molecule has 0 aromatic heterocycles. The lowest BCUT2D eigenvalue weighted by Crippen LogP contribution is -2.11. The Morgan fingerprint density at radius 1 is 1.10 bits per heavy atom. The molecule has 5 heteroatoms. The lowest BCUT2D eigenvalue weighted by molar-refractivity contribution is -0.105. The molecule has 2 N–H and O–H groups in total. The van der Waals surface area contributed by atoms with E-state index in [4.69, 9.17) is 4.74 Å². The number of benzene rings is 2. The first-order valence-corrected chi connectivity index (χ1v) is 5.98. The van der Waals surface area contributed by atoms with E-state index in [0.717, 1.165) is 0 Å². The SMILES string of the molecule is COc1cccc(NC(=O)c2ccc(NC=O)cc2)c1. The van der Waals surface area contributed by atoms with Crippen LogP contribution in [0.3, 0.4) is 0 Å². The molecule has 0 aliphatic heterocycles. The molecule has 0 saturated carbocycles. The van der Waals surface area contributed by atoms with E-state index in [2.05, 4.69) is 10.6 Å². The molecule has 2 amide bonds. The van der Waals surface area contributed by atoms with Crippen molar-refractivity contribution in [2.24, 2.45) is 0 Å². The molecule has 102 valence electrons.